The summed E-state index contributed by atoms with van der Waals surface area (Å²) in [6, 6.07) is 20.5. The number of hydrogen-bond donors (Lipinski definition) is 4. The Morgan fingerprint density at radius 3 is 2.39 bits per heavy atom. The first-order valence-corrected chi connectivity index (χ1v) is 11.0. The van der Waals surface area contributed by atoms with Crippen molar-refractivity contribution in [3.8, 4) is 11.5 Å². The molecule has 0 spiro atoms. The number of benzene rings is 3. The Bertz CT molecular complexity index is 1050. The van der Waals surface area contributed by atoms with Crippen LogP contribution in [0.1, 0.15) is 30.0 Å². The van der Waals surface area contributed by atoms with Crippen LogP contribution in [0.4, 0.5) is 11.4 Å². The van der Waals surface area contributed by atoms with Gasteiger partial charge in [0.05, 0.1) is 6.61 Å². The predicted octanol–water partition coefficient (Wildman–Crippen LogP) is 4.54. The highest BCUT2D eigenvalue weighted by molar-refractivity contribution is 5.94. The van der Waals surface area contributed by atoms with Crippen LogP contribution in [0.2, 0.25) is 0 Å². The van der Waals surface area contributed by atoms with Crippen LogP contribution in [0.25, 0.3) is 0 Å². The SMILES string of the molecule is CCC(Oc1ccc(C)cc1C)C(=O)Nc1ccc(NNCOc2ccccc2CO)cc1. The lowest BCUT2D eigenvalue weighted by molar-refractivity contribution is -0.122. The summed E-state index contributed by atoms with van der Waals surface area (Å²) in [5, 5.41) is 12.2. The third-order valence-corrected chi connectivity index (χ3v) is 5.09. The van der Waals surface area contributed by atoms with Gasteiger partial charge in [0.2, 0.25) is 0 Å². The van der Waals surface area contributed by atoms with Gasteiger partial charge in [-0.3, -0.25) is 4.79 Å². The van der Waals surface area contributed by atoms with Crippen LogP contribution >= 0.6 is 0 Å². The Kier molecular flexibility index (Phi) is 8.69. The summed E-state index contributed by atoms with van der Waals surface area (Å²) in [4.78, 5) is 12.7. The highest BCUT2D eigenvalue weighted by atomic mass is 16.5. The van der Waals surface area contributed by atoms with Gasteiger partial charge in [-0.25, -0.2) is 5.43 Å². The molecule has 1 amide bonds. The van der Waals surface area contributed by atoms with E-state index in [1.807, 2.05) is 81.4 Å². The molecule has 174 valence electrons. The zero-order valence-corrected chi connectivity index (χ0v) is 19.2. The number of hydrogen-bond acceptors (Lipinski definition) is 6. The van der Waals surface area contributed by atoms with Crippen LogP contribution in [0.15, 0.2) is 66.7 Å². The van der Waals surface area contributed by atoms with Gasteiger partial charge in [0.15, 0.2) is 12.8 Å². The van der Waals surface area contributed by atoms with Crippen molar-refractivity contribution in [2.75, 3.05) is 17.5 Å². The largest absolute Gasteiger partial charge is 0.480 e. The number of nitrogens with one attached hydrogen (secondary N) is 3. The van der Waals surface area contributed by atoms with Crippen LogP contribution in [0.3, 0.4) is 0 Å². The fourth-order valence-electron chi connectivity index (χ4n) is 3.29. The summed E-state index contributed by atoms with van der Waals surface area (Å²) in [7, 11) is 0. The van der Waals surface area contributed by atoms with Crippen molar-refractivity contribution < 1.29 is 19.4 Å². The van der Waals surface area contributed by atoms with E-state index in [-0.39, 0.29) is 19.2 Å². The standard InChI is InChI=1S/C26H31N3O4/c1-4-23(33-24-14-9-18(2)15-19(24)3)26(31)28-21-10-12-22(13-11-21)29-27-17-32-25-8-6-5-7-20(25)16-30/h5-15,23,27,29-30H,4,16-17H2,1-3H3,(H,28,31). The second kappa shape index (κ2) is 11.9. The van der Waals surface area contributed by atoms with Crippen molar-refractivity contribution in [1.29, 1.82) is 0 Å². The van der Waals surface area contributed by atoms with E-state index in [2.05, 4.69) is 16.2 Å². The minimum Gasteiger partial charge on any atom is -0.480 e. The first-order valence-electron chi connectivity index (χ1n) is 11.0. The molecule has 0 saturated heterocycles. The molecule has 3 rings (SSSR count). The molecule has 0 aliphatic heterocycles. The quantitative estimate of drug-likeness (QED) is 0.195. The van der Waals surface area contributed by atoms with Crippen molar-refractivity contribution >= 4 is 17.3 Å². The zero-order chi connectivity index (χ0) is 23.6. The predicted molar refractivity (Wildman–Crippen MR) is 130 cm³/mol. The molecule has 7 nitrogen and oxygen atoms in total. The molecular weight excluding hydrogens is 418 g/mol. The first-order chi connectivity index (χ1) is 16.0. The molecule has 0 saturated carbocycles. The molecule has 0 aliphatic rings. The summed E-state index contributed by atoms with van der Waals surface area (Å²) in [5.41, 5.74) is 10.4. The molecule has 1 unspecified atom stereocenters. The molecule has 0 fully saturated rings. The topological polar surface area (TPSA) is 91.9 Å². The maximum absolute atomic E-state index is 12.7. The van der Waals surface area contributed by atoms with Gasteiger partial charge in [-0.15, -0.1) is 0 Å². The minimum absolute atomic E-state index is 0.0780. The number of rotatable bonds is 11. The monoisotopic (exact) mass is 449 g/mol. The molecule has 3 aromatic carbocycles. The highest BCUT2D eigenvalue weighted by Gasteiger charge is 2.19. The normalized spacial score (nSPS) is 11.5. The van der Waals surface area contributed by atoms with Crippen LogP contribution in [0, 0.1) is 13.8 Å². The second-order valence-electron chi connectivity index (χ2n) is 7.71. The van der Waals surface area contributed by atoms with E-state index >= 15 is 0 Å². The summed E-state index contributed by atoms with van der Waals surface area (Å²) >= 11 is 0. The number of para-hydroxylation sites is 1. The maximum atomic E-state index is 12.7. The smallest absolute Gasteiger partial charge is 0.265 e. The van der Waals surface area contributed by atoms with Crippen molar-refractivity contribution in [3.63, 3.8) is 0 Å². The van der Waals surface area contributed by atoms with Crippen molar-refractivity contribution in [3.05, 3.63) is 83.4 Å². The van der Waals surface area contributed by atoms with Gasteiger partial charge in [0, 0.05) is 16.9 Å². The molecule has 4 N–H and O–H groups in total. The lowest BCUT2D eigenvalue weighted by atomic mass is 10.1. The number of carbonyl (C=O) groups excluding carboxylic acids is 1. The lowest BCUT2D eigenvalue weighted by Crippen LogP contribution is -2.32. The fraction of sp³-hybridized carbons (Fsp3) is 0.269. The van der Waals surface area contributed by atoms with Gasteiger partial charge in [-0.05, 0) is 62.2 Å². The van der Waals surface area contributed by atoms with Gasteiger partial charge in [-0.1, -0.05) is 42.8 Å². The fourth-order valence-corrected chi connectivity index (χ4v) is 3.29. The van der Waals surface area contributed by atoms with E-state index in [0.717, 1.165) is 28.1 Å². The second-order valence-corrected chi connectivity index (χ2v) is 7.71. The number of aryl methyl sites for hydroxylation is 2. The Labute approximate surface area is 194 Å². The minimum atomic E-state index is -0.579. The van der Waals surface area contributed by atoms with E-state index in [9.17, 15) is 9.90 Å². The third kappa shape index (κ3) is 6.97. The van der Waals surface area contributed by atoms with Crippen LogP contribution < -0.4 is 25.6 Å². The van der Waals surface area contributed by atoms with E-state index < -0.39 is 6.10 Å². The van der Waals surface area contributed by atoms with Gasteiger partial charge >= 0.3 is 0 Å². The number of carbonyl (C=O) groups is 1. The molecule has 33 heavy (non-hydrogen) atoms. The van der Waals surface area contributed by atoms with Gasteiger partial charge in [0.25, 0.3) is 5.91 Å². The van der Waals surface area contributed by atoms with Crippen LogP contribution in [-0.2, 0) is 11.4 Å². The molecule has 7 heteroatoms. The maximum Gasteiger partial charge on any atom is 0.265 e. The van der Waals surface area contributed by atoms with E-state index in [4.69, 9.17) is 9.47 Å². The van der Waals surface area contributed by atoms with Gasteiger partial charge in [-0.2, -0.15) is 0 Å². The Balaban J connectivity index is 1.48. The summed E-state index contributed by atoms with van der Waals surface area (Å²) in [6.45, 7) is 6.06. The highest BCUT2D eigenvalue weighted by Crippen LogP contribution is 2.22. The average molecular weight is 450 g/mol. The molecule has 0 aliphatic carbocycles. The van der Waals surface area contributed by atoms with Crippen LogP contribution in [0.5, 0.6) is 11.5 Å². The van der Waals surface area contributed by atoms with E-state index in [1.165, 1.54) is 0 Å². The molecule has 1 atom stereocenters. The Morgan fingerprint density at radius 1 is 0.970 bits per heavy atom. The van der Waals surface area contributed by atoms with E-state index in [0.29, 0.717) is 17.9 Å². The van der Waals surface area contributed by atoms with E-state index in [1.54, 1.807) is 6.07 Å². The number of aliphatic hydroxyl groups is 1. The number of hydrazine groups is 1. The van der Waals surface area contributed by atoms with Crippen molar-refractivity contribution in [2.45, 2.75) is 39.9 Å². The number of amides is 1. The van der Waals surface area contributed by atoms with Gasteiger partial charge in [0.1, 0.15) is 11.5 Å². The average Bonchev–Trinajstić information content (AvgIpc) is 2.82. The van der Waals surface area contributed by atoms with Crippen LogP contribution in [-0.4, -0.2) is 23.8 Å². The number of anilines is 2. The van der Waals surface area contributed by atoms with Crippen molar-refractivity contribution in [2.24, 2.45) is 0 Å². The molecule has 0 radical (unpaired) electrons. The Hall–Kier alpha value is -3.55. The summed E-state index contributed by atoms with van der Waals surface area (Å²) in [5.74, 6) is 1.16. The molecule has 0 heterocycles. The van der Waals surface area contributed by atoms with Gasteiger partial charge < -0.3 is 25.3 Å². The summed E-state index contributed by atoms with van der Waals surface area (Å²) < 4.78 is 11.6. The molecular formula is C26H31N3O4. The first kappa shape index (κ1) is 24.1. The number of ether oxygens (including phenoxy) is 2. The zero-order valence-electron chi connectivity index (χ0n) is 19.2. The molecule has 0 bridgehead atoms. The molecule has 3 aromatic rings. The summed E-state index contributed by atoms with van der Waals surface area (Å²) in [6.07, 6.45) is -0.0212. The lowest BCUT2D eigenvalue weighted by Gasteiger charge is -2.19. The Morgan fingerprint density at radius 2 is 1.70 bits per heavy atom. The number of aliphatic hydroxyl groups excluding tert-OH is 1. The van der Waals surface area contributed by atoms with Crippen molar-refractivity contribution in [1.82, 2.24) is 5.43 Å². The molecule has 0 aromatic heterocycles. The third-order valence-electron chi connectivity index (χ3n) is 5.09.